The van der Waals surface area contributed by atoms with Crippen molar-refractivity contribution in [1.82, 2.24) is 0 Å². The summed E-state index contributed by atoms with van der Waals surface area (Å²) in [5.74, 6) is -0.0805. The Morgan fingerprint density at radius 1 is 0.938 bits per heavy atom. The molecule has 0 aromatic heterocycles. The third-order valence-corrected chi connectivity index (χ3v) is 2.79. The zero-order chi connectivity index (χ0) is 11.5. The Bertz CT molecular complexity index is 483. The third-order valence-electron chi connectivity index (χ3n) is 2.79. The smallest absolute Gasteiger partial charge is 0.129 e. The first-order valence-corrected chi connectivity index (χ1v) is 5.46. The maximum atomic E-state index is 13.8. The Hall–Kier alpha value is -1.63. The number of halogens is 1. The minimum Gasteiger partial charge on any atom is -0.206 e. The van der Waals surface area contributed by atoms with Crippen molar-refractivity contribution in [2.45, 2.75) is 20.3 Å². The number of rotatable bonds is 2. The van der Waals surface area contributed by atoms with Crippen LogP contribution < -0.4 is 0 Å². The standard InChI is InChI=1S/C15H15F/c1-11-6-8-13(9-7-11)10-14-5-3-4-12(2)15(14)16/h3-9H,10H2,1-2H3. The molecule has 0 saturated heterocycles. The van der Waals surface area contributed by atoms with Crippen molar-refractivity contribution >= 4 is 0 Å². The SMILES string of the molecule is Cc1ccc(Cc2cccc(C)c2F)cc1. The molecule has 0 aliphatic carbocycles. The topological polar surface area (TPSA) is 0 Å². The van der Waals surface area contributed by atoms with Crippen molar-refractivity contribution in [2.75, 3.05) is 0 Å². The average Bonchev–Trinajstić information content (AvgIpc) is 2.28. The summed E-state index contributed by atoms with van der Waals surface area (Å²) in [5.41, 5.74) is 3.86. The monoisotopic (exact) mass is 214 g/mol. The highest BCUT2D eigenvalue weighted by Crippen LogP contribution is 2.16. The molecule has 0 fully saturated rings. The van der Waals surface area contributed by atoms with Gasteiger partial charge in [-0.05, 0) is 30.5 Å². The van der Waals surface area contributed by atoms with Crippen molar-refractivity contribution in [3.05, 3.63) is 70.5 Å². The second-order valence-electron chi connectivity index (χ2n) is 4.21. The minimum atomic E-state index is -0.0805. The predicted octanol–water partition coefficient (Wildman–Crippen LogP) is 4.03. The van der Waals surface area contributed by atoms with Crippen molar-refractivity contribution in [1.29, 1.82) is 0 Å². The molecule has 0 heterocycles. The molecule has 0 bridgehead atoms. The van der Waals surface area contributed by atoms with E-state index < -0.39 is 0 Å². The molecule has 0 amide bonds. The van der Waals surface area contributed by atoms with Gasteiger partial charge >= 0.3 is 0 Å². The van der Waals surface area contributed by atoms with Crippen LogP contribution in [0.25, 0.3) is 0 Å². The van der Waals surface area contributed by atoms with Gasteiger partial charge in [-0.3, -0.25) is 0 Å². The first kappa shape index (κ1) is 10.9. The predicted molar refractivity (Wildman–Crippen MR) is 65.1 cm³/mol. The zero-order valence-electron chi connectivity index (χ0n) is 9.63. The fourth-order valence-corrected chi connectivity index (χ4v) is 1.77. The van der Waals surface area contributed by atoms with Gasteiger partial charge in [0.25, 0.3) is 0 Å². The Labute approximate surface area is 95.7 Å². The van der Waals surface area contributed by atoms with Crippen LogP contribution in [-0.2, 0) is 6.42 Å². The molecule has 0 spiro atoms. The molecular weight excluding hydrogens is 199 g/mol. The highest BCUT2D eigenvalue weighted by Gasteiger charge is 2.05. The first-order valence-electron chi connectivity index (χ1n) is 5.46. The van der Waals surface area contributed by atoms with Gasteiger partial charge in [0, 0.05) is 6.42 Å². The lowest BCUT2D eigenvalue weighted by Crippen LogP contribution is -1.94. The van der Waals surface area contributed by atoms with Crippen LogP contribution in [0, 0.1) is 19.7 Å². The van der Waals surface area contributed by atoms with Crippen LogP contribution >= 0.6 is 0 Å². The van der Waals surface area contributed by atoms with E-state index in [-0.39, 0.29) is 5.82 Å². The second kappa shape index (κ2) is 4.48. The van der Waals surface area contributed by atoms with Crippen molar-refractivity contribution < 1.29 is 4.39 Å². The summed E-state index contributed by atoms with van der Waals surface area (Å²) in [5, 5.41) is 0. The summed E-state index contributed by atoms with van der Waals surface area (Å²) in [6, 6.07) is 13.8. The quantitative estimate of drug-likeness (QED) is 0.708. The third kappa shape index (κ3) is 2.30. The molecule has 0 aliphatic rings. The lowest BCUT2D eigenvalue weighted by atomic mass is 10.0. The van der Waals surface area contributed by atoms with E-state index in [0.717, 1.165) is 11.1 Å². The van der Waals surface area contributed by atoms with E-state index in [1.165, 1.54) is 5.56 Å². The zero-order valence-corrected chi connectivity index (χ0v) is 9.63. The molecule has 2 rings (SSSR count). The molecule has 2 aromatic rings. The summed E-state index contributed by atoms with van der Waals surface area (Å²) in [7, 11) is 0. The van der Waals surface area contributed by atoms with Crippen LogP contribution in [0.4, 0.5) is 4.39 Å². The van der Waals surface area contributed by atoms with E-state index in [2.05, 4.69) is 31.2 Å². The van der Waals surface area contributed by atoms with Gasteiger partial charge in [0.05, 0.1) is 0 Å². The van der Waals surface area contributed by atoms with Crippen LogP contribution in [0.3, 0.4) is 0 Å². The van der Waals surface area contributed by atoms with Gasteiger partial charge in [-0.25, -0.2) is 4.39 Å². The van der Waals surface area contributed by atoms with Crippen LogP contribution in [0.15, 0.2) is 42.5 Å². The fourth-order valence-electron chi connectivity index (χ4n) is 1.77. The highest BCUT2D eigenvalue weighted by molar-refractivity contribution is 5.31. The maximum absolute atomic E-state index is 13.8. The van der Waals surface area contributed by atoms with Crippen molar-refractivity contribution in [3.8, 4) is 0 Å². The molecule has 0 radical (unpaired) electrons. The molecule has 0 atom stereocenters. The molecule has 0 saturated carbocycles. The molecule has 16 heavy (non-hydrogen) atoms. The van der Waals surface area contributed by atoms with E-state index in [9.17, 15) is 4.39 Å². The van der Waals surface area contributed by atoms with E-state index in [1.807, 2.05) is 12.1 Å². The average molecular weight is 214 g/mol. The Balaban J connectivity index is 2.27. The van der Waals surface area contributed by atoms with E-state index in [1.54, 1.807) is 13.0 Å². The molecule has 82 valence electrons. The summed E-state index contributed by atoms with van der Waals surface area (Å²) in [4.78, 5) is 0. The van der Waals surface area contributed by atoms with Crippen LogP contribution in [0.2, 0.25) is 0 Å². The largest absolute Gasteiger partial charge is 0.206 e. The molecule has 0 aliphatic heterocycles. The lowest BCUT2D eigenvalue weighted by Gasteiger charge is -2.06. The van der Waals surface area contributed by atoms with E-state index >= 15 is 0 Å². The van der Waals surface area contributed by atoms with Gasteiger partial charge in [-0.15, -0.1) is 0 Å². The van der Waals surface area contributed by atoms with Crippen LogP contribution in [-0.4, -0.2) is 0 Å². The van der Waals surface area contributed by atoms with Gasteiger partial charge in [0.1, 0.15) is 5.82 Å². The molecule has 0 nitrogen and oxygen atoms in total. The van der Waals surface area contributed by atoms with Crippen LogP contribution in [0.5, 0.6) is 0 Å². The molecular formula is C15H15F. The second-order valence-corrected chi connectivity index (χ2v) is 4.21. The normalized spacial score (nSPS) is 10.4. The summed E-state index contributed by atoms with van der Waals surface area (Å²) in [6.45, 7) is 3.85. The summed E-state index contributed by atoms with van der Waals surface area (Å²) in [6.07, 6.45) is 0.661. The maximum Gasteiger partial charge on any atom is 0.129 e. The van der Waals surface area contributed by atoms with Gasteiger partial charge in [0.2, 0.25) is 0 Å². The molecule has 2 aromatic carbocycles. The Kier molecular flexibility index (Phi) is 3.04. The van der Waals surface area contributed by atoms with Crippen molar-refractivity contribution in [2.24, 2.45) is 0 Å². The van der Waals surface area contributed by atoms with Gasteiger partial charge in [-0.2, -0.15) is 0 Å². The lowest BCUT2D eigenvalue weighted by molar-refractivity contribution is 0.605. The van der Waals surface area contributed by atoms with Gasteiger partial charge < -0.3 is 0 Å². The fraction of sp³-hybridized carbons (Fsp3) is 0.200. The number of aryl methyl sites for hydroxylation is 2. The number of hydrogen-bond acceptors (Lipinski definition) is 0. The highest BCUT2D eigenvalue weighted by atomic mass is 19.1. The van der Waals surface area contributed by atoms with Crippen LogP contribution in [0.1, 0.15) is 22.3 Å². The van der Waals surface area contributed by atoms with E-state index in [0.29, 0.717) is 12.0 Å². The minimum absolute atomic E-state index is 0.0805. The molecule has 1 heteroatoms. The summed E-state index contributed by atoms with van der Waals surface area (Å²) < 4.78 is 13.8. The Morgan fingerprint density at radius 2 is 1.62 bits per heavy atom. The summed E-state index contributed by atoms with van der Waals surface area (Å²) >= 11 is 0. The number of hydrogen-bond donors (Lipinski definition) is 0. The molecule has 0 N–H and O–H groups in total. The number of benzene rings is 2. The van der Waals surface area contributed by atoms with Gasteiger partial charge in [-0.1, -0.05) is 48.0 Å². The Morgan fingerprint density at radius 3 is 2.31 bits per heavy atom. The molecule has 0 unspecified atom stereocenters. The first-order chi connectivity index (χ1) is 7.66. The van der Waals surface area contributed by atoms with E-state index in [4.69, 9.17) is 0 Å². The van der Waals surface area contributed by atoms with Gasteiger partial charge in [0.15, 0.2) is 0 Å². The van der Waals surface area contributed by atoms with Crippen molar-refractivity contribution in [3.63, 3.8) is 0 Å².